The molecule has 0 unspecified atom stereocenters. The van der Waals surface area contributed by atoms with Gasteiger partial charge in [0.25, 0.3) is 5.91 Å². The average Bonchev–Trinajstić information content (AvgIpc) is 3.61. The van der Waals surface area contributed by atoms with Gasteiger partial charge < -0.3 is 23.7 Å². The number of hydrazone groups is 1. The summed E-state index contributed by atoms with van der Waals surface area (Å²) in [6.07, 6.45) is 0.589. The molecule has 0 spiro atoms. The maximum Gasteiger partial charge on any atom is 0.281 e. The van der Waals surface area contributed by atoms with Crippen LogP contribution in [0.15, 0.2) is 59.0 Å². The van der Waals surface area contributed by atoms with E-state index in [4.69, 9.17) is 23.7 Å². The third-order valence-electron chi connectivity index (χ3n) is 5.47. The van der Waals surface area contributed by atoms with Crippen LogP contribution in [0.5, 0.6) is 28.7 Å². The molecule has 1 aromatic heterocycles. The number of carbonyl (C=O) groups excluding carboxylic acids is 1. The zero-order valence-corrected chi connectivity index (χ0v) is 19.0. The Morgan fingerprint density at radius 3 is 2.73 bits per heavy atom. The summed E-state index contributed by atoms with van der Waals surface area (Å²) in [4.78, 5) is 14.2. The molecule has 0 fully saturated rings. The van der Waals surface area contributed by atoms with Gasteiger partial charge in [0.15, 0.2) is 29.6 Å². The van der Waals surface area contributed by atoms with Crippen molar-refractivity contribution in [3.8, 4) is 28.7 Å². The van der Waals surface area contributed by atoms with Crippen LogP contribution < -0.4 is 23.7 Å². The topological polar surface area (TPSA) is 78.8 Å². The van der Waals surface area contributed by atoms with Gasteiger partial charge >= 0.3 is 0 Å². The van der Waals surface area contributed by atoms with Gasteiger partial charge in [0.2, 0.25) is 6.79 Å². The molecular formula is C24H22N2O6S. The molecule has 33 heavy (non-hydrogen) atoms. The zero-order chi connectivity index (χ0) is 22.8. The Bertz CT molecular complexity index is 1190. The Morgan fingerprint density at radius 2 is 1.94 bits per heavy atom. The number of benzene rings is 2. The van der Waals surface area contributed by atoms with Gasteiger partial charge in [-0.1, -0.05) is 12.1 Å². The molecule has 9 heteroatoms. The lowest BCUT2D eigenvalue weighted by atomic mass is 10.0. The van der Waals surface area contributed by atoms with Crippen LogP contribution in [-0.2, 0) is 4.79 Å². The van der Waals surface area contributed by atoms with Crippen LogP contribution >= 0.6 is 11.3 Å². The van der Waals surface area contributed by atoms with E-state index in [9.17, 15) is 4.79 Å². The van der Waals surface area contributed by atoms with Gasteiger partial charge in [-0.25, -0.2) is 5.01 Å². The van der Waals surface area contributed by atoms with Gasteiger partial charge in [-0.2, -0.15) is 5.10 Å². The summed E-state index contributed by atoms with van der Waals surface area (Å²) in [6, 6.07) is 14.6. The van der Waals surface area contributed by atoms with Crippen LogP contribution in [0.25, 0.3) is 0 Å². The molecule has 3 aromatic rings. The predicted octanol–water partition coefficient (Wildman–Crippen LogP) is 4.25. The predicted molar refractivity (Wildman–Crippen MR) is 123 cm³/mol. The first-order chi connectivity index (χ1) is 16.2. The molecular weight excluding hydrogens is 444 g/mol. The fourth-order valence-electron chi connectivity index (χ4n) is 3.83. The van der Waals surface area contributed by atoms with Gasteiger partial charge in [-0.3, -0.25) is 4.79 Å². The van der Waals surface area contributed by atoms with E-state index in [1.54, 1.807) is 43.8 Å². The maximum atomic E-state index is 13.2. The first kappa shape index (κ1) is 21.1. The smallest absolute Gasteiger partial charge is 0.281 e. The fraction of sp³-hybridized carbons (Fsp3) is 0.250. The molecule has 5 rings (SSSR count). The number of fused-ring (bicyclic) bond motifs is 1. The number of ether oxygens (including phenoxy) is 5. The summed E-state index contributed by atoms with van der Waals surface area (Å²) in [7, 11) is 3.18. The molecule has 2 aliphatic heterocycles. The quantitative estimate of drug-likeness (QED) is 0.518. The lowest BCUT2D eigenvalue weighted by Gasteiger charge is -2.23. The molecule has 1 amide bonds. The van der Waals surface area contributed by atoms with E-state index in [0.29, 0.717) is 35.2 Å². The van der Waals surface area contributed by atoms with E-state index in [1.165, 1.54) is 5.01 Å². The summed E-state index contributed by atoms with van der Waals surface area (Å²) in [5.74, 6) is 2.76. The number of hydrogen-bond acceptors (Lipinski definition) is 8. The first-order valence-corrected chi connectivity index (χ1v) is 11.2. The standard InChI is InChI=1S/C24H22N2O6S/c1-28-19-7-5-15(10-21(19)29-2)18-12-17(23-4-3-9-33-23)25-26(18)24(27)13-30-16-6-8-20-22(11-16)32-14-31-20/h3-11,18H,12-14H2,1-2H3/t18-/m1/s1. The van der Waals surface area contributed by atoms with Crippen LogP contribution in [-0.4, -0.2) is 44.2 Å². The normalized spacial score (nSPS) is 16.5. The fourth-order valence-corrected chi connectivity index (χ4v) is 4.55. The molecule has 2 aromatic carbocycles. The highest BCUT2D eigenvalue weighted by Gasteiger charge is 2.34. The zero-order valence-electron chi connectivity index (χ0n) is 18.1. The Kier molecular flexibility index (Phi) is 5.78. The summed E-state index contributed by atoms with van der Waals surface area (Å²) in [6.45, 7) is 0.0172. The molecule has 1 atom stereocenters. The molecule has 0 saturated heterocycles. The van der Waals surface area contributed by atoms with Crippen molar-refractivity contribution in [3.63, 3.8) is 0 Å². The number of methoxy groups -OCH3 is 2. The first-order valence-electron chi connectivity index (χ1n) is 10.3. The summed E-state index contributed by atoms with van der Waals surface area (Å²) in [5, 5.41) is 8.17. The average molecular weight is 467 g/mol. The molecule has 8 nitrogen and oxygen atoms in total. The minimum absolute atomic E-state index is 0.162. The van der Waals surface area contributed by atoms with E-state index < -0.39 is 0 Å². The minimum Gasteiger partial charge on any atom is -0.493 e. The van der Waals surface area contributed by atoms with Crippen LogP contribution in [0.4, 0.5) is 0 Å². The highest BCUT2D eigenvalue weighted by atomic mass is 32.1. The third kappa shape index (κ3) is 4.19. The van der Waals surface area contributed by atoms with E-state index in [-0.39, 0.29) is 25.3 Å². The molecule has 0 saturated carbocycles. The van der Waals surface area contributed by atoms with Gasteiger partial charge in [0.05, 0.1) is 30.9 Å². The number of carbonyl (C=O) groups is 1. The highest BCUT2D eigenvalue weighted by Crippen LogP contribution is 2.38. The summed E-state index contributed by atoms with van der Waals surface area (Å²) in [5.41, 5.74) is 1.76. The lowest BCUT2D eigenvalue weighted by molar-refractivity contribution is -0.135. The molecule has 2 aliphatic rings. The Balaban J connectivity index is 1.38. The third-order valence-corrected chi connectivity index (χ3v) is 6.39. The SMILES string of the molecule is COc1ccc([C@H]2CC(c3cccs3)=NN2C(=O)COc2ccc3c(c2)OCO3)cc1OC. The van der Waals surface area contributed by atoms with Crippen molar-refractivity contribution in [1.29, 1.82) is 0 Å². The molecule has 0 radical (unpaired) electrons. The maximum absolute atomic E-state index is 13.2. The van der Waals surface area contributed by atoms with E-state index in [1.807, 2.05) is 35.7 Å². The van der Waals surface area contributed by atoms with Gasteiger partial charge in [0.1, 0.15) is 5.75 Å². The van der Waals surface area contributed by atoms with E-state index >= 15 is 0 Å². The molecule has 170 valence electrons. The van der Waals surface area contributed by atoms with Crippen LogP contribution in [0.1, 0.15) is 22.9 Å². The molecule has 0 N–H and O–H groups in total. The monoisotopic (exact) mass is 466 g/mol. The Hall–Kier alpha value is -3.72. The number of amides is 1. The number of nitrogens with zero attached hydrogens (tertiary/aromatic N) is 2. The van der Waals surface area contributed by atoms with Crippen LogP contribution in [0.3, 0.4) is 0 Å². The second-order valence-corrected chi connectivity index (χ2v) is 8.35. The lowest BCUT2D eigenvalue weighted by Crippen LogP contribution is -2.31. The van der Waals surface area contributed by atoms with Crippen molar-refractivity contribution >= 4 is 23.0 Å². The van der Waals surface area contributed by atoms with Gasteiger partial charge in [-0.05, 0) is 41.3 Å². The molecule has 0 bridgehead atoms. The van der Waals surface area contributed by atoms with Gasteiger partial charge in [0, 0.05) is 12.5 Å². The van der Waals surface area contributed by atoms with Crippen molar-refractivity contribution in [2.45, 2.75) is 12.5 Å². The molecule has 0 aliphatic carbocycles. The van der Waals surface area contributed by atoms with Crippen molar-refractivity contribution in [2.24, 2.45) is 5.10 Å². The molecule has 3 heterocycles. The van der Waals surface area contributed by atoms with Crippen molar-refractivity contribution in [2.75, 3.05) is 27.6 Å². The Labute approximate surface area is 194 Å². The highest BCUT2D eigenvalue weighted by molar-refractivity contribution is 7.12. The van der Waals surface area contributed by atoms with Crippen LogP contribution in [0, 0.1) is 0 Å². The minimum atomic E-state index is -0.283. The summed E-state index contributed by atoms with van der Waals surface area (Å²) < 4.78 is 27.3. The second kappa shape index (κ2) is 9.03. The number of rotatable bonds is 7. The Morgan fingerprint density at radius 1 is 1.09 bits per heavy atom. The number of hydrogen-bond donors (Lipinski definition) is 0. The van der Waals surface area contributed by atoms with Crippen molar-refractivity contribution < 1.29 is 28.5 Å². The van der Waals surface area contributed by atoms with Crippen molar-refractivity contribution in [1.82, 2.24) is 5.01 Å². The van der Waals surface area contributed by atoms with E-state index in [2.05, 4.69) is 5.10 Å². The second-order valence-electron chi connectivity index (χ2n) is 7.40. The van der Waals surface area contributed by atoms with Crippen LogP contribution in [0.2, 0.25) is 0 Å². The van der Waals surface area contributed by atoms with Gasteiger partial charge in [-0.15, -0.1) is 11.3 Å². The van der Waals surface area contributed by atoms with E-state index in [0.717, 1.165) is 16.2 Å². The van der Waals surface area contributed by atoms with Crippen molar-refractivity contribution in [3.05, 3.63) is 64.4 Å². The number of thiophene rings is 1. The largest absolute Gasteiger partial charge is 0.493 e. The summed E-state index contributed by atoms with van der Waals surface area (Å²) >= 11 is 1.60.